The fourth-order valence-corrected chi connectivity index (χ4v) is 3.49. The summed E-state index contributed by atoms with van der Waals surface area (Å²) in [6, 6.07) is 5.78. The van der Waals surface area contributed by atoms with Crippen LogP contribution in [0.25, 0.3) is 10.9 Å². The number of hydrogen-bond donors (Lipinski definition) is 2. The van der Waals surface area contributed by atoms with Crippen LogP contribution in [-0.4, -0.2) is 40.9 Å². The van der Waals surface area contributed by atoms with Gasteiger partial charge in [0.05, 0.1) is 12.2 Å². The van der Waals surface area contributed by atoms with E-state index in [1.807, 2.05) is 25.1 Å². The number of carbonyl (C=O) groups is 3. The Morgan fingerprint density at radius 3 is 2.48 bits per heavy atom. The predicted octanol–water partition coefficient (Wildman–Crippen LogP) is 3.89. The highest BCUT2D eigenvalue weighted by Gasteiger charge is 2.24. The highest BCUT2D eigenvalue weighted by atomic mass is 16.5. The number of aromatic nitrogens is 2. The van der Waals surface area contributed by atoms with Crippen LogP contribution in [0.2, 0.25) is 0 Å². The lowest BCUT2D eigenvalue weighted by atomic mass is 10.1. The Labute approximate surface area is 168 Å². The van der Waals surface area contributed by atoms with Crippen LogP contribution in [-0.2, 0) is 15.9 Å². The summed E-state index contributed by atoms with van der Waals surface area (Å²) in [5, 5.41) is 0.809. The molecule has 0 aliphatic rings. The maximum Gasteiger partial charge on any atom is 0.355 e. The maximum absolute atomic E-state index is 12.6. The second-order valence-corrected chi connectivity index (χ2v) is 6.74. The van der Waals surface area contributed by atoms with E-state index >= 15 is 0 Å². The van der Waals surface area contributed by atoms with Crippen molar-refractivity contribution in [1.29, 1.82) is 0 Å². The Kier molecular flexibility index (Phi) is 5.87. The van der Waals surface area contributed by atoms with Gasteiger partial charge in [0, 0.05) is 28.4 Å². The van der Waals surface area contributed by atoms with Crippen LogP contribution in [0, 0.1) is 13.8 Å². The Hall–Kier alpha value is -3.35. The normalized spacial score (nSPS) is 10.9. The first-order chi connectivity index (χ1) is 13.9. The van der Waals surface area contributed by atoms with E-state index in [0.29, 0.717) is 16.8 Å². The first kappa shape index (κ1) is 20.4. The lowest BCUT2D eigenvalue weighted by Gasteiger charge is -2.05. The summed E-state index contributed by atoms with van der Waals surface area (Å²) < 4.78 is 10.2. The van der Waals surface area contributed by atoms with E-state index in [1.165, 1.54) is 0 Å². The number of hydrogen-bond acceptors (Lipinski definition) is 5. The van der Waals surface area contributed by atoms with Gasteiger partial charge in [-0.2, -0.15) is 0 Å². The van der Waals surface area contributed by atoms with Gasteiger partial charge in [0.2, 0.25) is 5.78 Å². The third-order valence-electron chi connectivity index (χ3n) is 4.94. The number of nitrogens with one attached hydrogen (secondary N) is 2. The Balaban J connectivity index is 1.76. The Morgan fingerprint density at radius 1 is 1.03 bits per heavy atom. The highest BCUT2D eigenvalue weighted by molar-refractivity contribution is 6.10. The van der Waals surface area contributed by atoms with Gasteiger partial charge in [-0.1, -0.05) is 25.1 Å². The van der Waals surface area contributed by atoms with Crippen molar-refractivity contribution in [3.05, 3.63) is 58.0 Å². The molecule has 152 valence electrons. The van der Waals surface area contributed by atoms with Gasteiger partial charge in [-0.15, -0.1) is 0 Å². The quantitative estimate of drug-likeness (QED) is 0.466. The van der Waals surface area contributed by atoms with Crippen molar-refractivity contribution in [3.8, 4) is 0 Å². The molecular formula is C22H24N2O5. The number of carbonyl (C=O) groups excluding carboxylic acids is 3. The number of rotatable bonds is 7. The molecule has 0 aliphatic carbocycles. The first-order valence-electron chi connectivity index (χ1n) is 9.54. The summed E-state index contributed by atoms with van der Waals surface area (Å²) in [4.78, 5) is 43.2. The molecular weight excluding hydrogens is 372 g/mol. The van der Waals surface area contributed by atoms with Gasteiger partial charge in [0.25, 0.3) is 0 Å². The minimum absolute atomic E-state index is 0.214. The monoisotopic (exact) mass is 396 g/mol. The highest BCUT2D eigenvalue weighted by Crippen LogP contribution is 2.23. The summed E-state index contributed by atoms with van der Waals surface area (Å²) in [5.74, 6) is -1.49. The Bertz CT molecular complexity index is 1090. The number of ketones is 1. The standard InChI is InChI=1S/C22H24N2O5/c1-5-14-8-7-9-15-16(10-23-20(14)15)17(25)11-29-21(26)18-12(3)19(24-13(18)4)22(27)28-6-2/h7-10,23-24H,5-6,11H2,1-4H3. The van der Waals surface area contributed by atoms with E-state index in [2.05, 4.69) is 9.97 Å². The number of aromatic amines is 2. The molecule has 2 aromatic heterocycles. The number of ether oxygens (including phenoxy) is 2. The van der Waals surface area contributed by atoms with E-state index in [9.17, 15) is 14.4 Å². The van der Waals surface area contributed by atoms with Crippen LogP contribution in [0.5, 0.6) is 0 Å². The SMILES string of the molecule is CCOC(=O)c1[nH]c(C)c(C(=O)OCC(=O)c2c[nH]c3c(CC)cccc23)c1C. The van der Waals surface area contributed by atoms with Crippen molar-refractivity contribution in [1.82, 2.24) is 9.97 Å². The van der Waals surface area contributed by atoms with Crippen molar-refractivity contribution in [3.63, 3.8) is 0 Å². The molecule has 0 unspecified atom stereocenters. The zero-order valence-corrected chi connectivity index (χ0v) is 17.0. The third-order valence-corrected chi connectivity index (χ3v) is 4.94. The predicted molar refractivity (Wildman–Crippen MR) is 109 cm³/mol. The molecule has 0 bridgehead atoms. The second-order valence-electron chi connectivity index (χ2n) is 6.74. The van der Waals surface area contributed by atoms with Gasteiger partial charge in [-0.05, 0) is 38.3 Å². The molecule has 1 aromatic carbocycles. The molecule has 0 saturated heterocycles. The largest absolute Gasteiger partial charge is 0.461 e. The molecule has 7 heteroatoms. The molecule has 3 aromatic rings. The van der Waals surface area contributed by atoms with Crippen molar-refractivity contribution in [2.45, 2.75) is 34.1 Å². The van der Waals surface area contributed by atoms with Gasteiger partial charge in [-0.25, -0.2) is 9.59 Å². The fourth-order valence-electron chi connectivity index (χ4n) is 3.49. The molecule has 0 saturated carbocycles. The van der Waals surface area contributed by atoms with Gasteiger partial charge in [-0.3, -0.25) is 4.79 Å². The lowest BCUT2D eigenvalue weighted by Crippen LogP contribution is -2.15. The first-order valence-corrected chi connectivity index (χ1v) is 9.54. The Morgan fingerprint density at radius 2 is 1.79 bits per heavy atom. The van der Waals surface area contributed by atoms with Gasteiger partial charge in [0.15, 0.2) is 6.61 Å². The zero-order chi connectivity index (χ0) is 21.1. The number of aryl methyl sites for hydroxylation is 2. The average Bonchev–Trinajstić information content (AvgIpc) is 3.26. The lowest BCUT2D eigenvalue weighted by molar-refractivity contribution is 0.0474. The topological polar surface area (TPSA) is 101 Å². The van der Waals surface area contributed by atoms with Crippen molar-refractivity contribution in [2.24, 2.45) is 0 Å². The minimum Gasteiger partial charge on any atom is -0.461 e. The molecule has 0 atom stereocenters. The molecule has 2 heterocycles. The molecule has 0 aliphatic heterocycles. The summed E-state index contributed by atoms with van der Waals surface area (Å²) >= 11 is 0. The maximum atomic E-state index is 12.6. The van der Waals surface area contributed by atoms with Gasteiger partial charge < -0.3 is 19.4 Å². The number of fused-ring (bicyclic) bond motifs is 1. The smallest absolute Gasteiger partial charge is 0.355 e. The number of Topliss-reactive ketones (excluding diaryl/α,β-unsaturated/α-hetero) is 1. The number of esters is 2. The fraction of sp³-hybridized carbons (Fsp3) is 0.318. The summed E-state index contributed by atoms with van der Waals surface area (Å²) in [6.45, 7) is 6.90. The second kappa shape index (κ2) is 8.34. The summed E-state index contributed by atoms with van der Waals surface area (Å²) in [7, 11) is 0. The van der Waals surface area contributed by atoms with Crippen molar-refractivity contribution < 1.29 is 23.9 Å². The van der Waals surface area contributed by atoms with Crippen LogP contribution in [0.1, 0.15) is 61.9 Å². The molecule has 2 N–H and O–H groups in total. The van der Waals surface area contributed by atoms with E-state index in [-0.39, 0.29) is 30.3 Å². The number of H-pyrrole nitrogens is 2. The minimum atomic E-state index is -0.658. The van der Waals surface area contributed by atoms with E-state index in [0.717, 1.165) is 22.9 Å². The average molecular weight is 396 g/mol. The van der Waals surface area contributed by atoms with E-state index in [4.69, 9.17) is 9.47 Å². The molecule has 0 radical (unpaired) electrons. The van der Waals surface area contributed by atoms with Crippen LogP contribution in [0.15, 0.2) is 24.4 Å². The van der Waals surface area contributed by atoms with Crippen molar-refractivity contribution >= 4 is 28.6 Å². The van der Waals surface area contributed by atoms with Crippen LogP contribution in [0.3, 0.4) is 0 Å². The molecule has 7 nitrogen and oxygen atoms in total. The van der Waals surface area contributed by atoms with Crippen molar-refractivity contribution in [2.75, 3.05) is 13.2 Å². The summed E-state index contributed by atoms with van der Waals surface area (Å²) in [5.41, 5.74) is 3.91. The van der Waals surface area contributed by atoms with E-state index < -0.39 is 11.9 Å². The summed E-state index contributed by atoms with van der Waals surface area (Å²) in [6.07, 6.45) is 2.49. The van der Waals surface area contributed by atoms with Gasteiger partial charge in [0.1, 0.15) is 5.69 Å². The third kappa shape index (κ3) is 3.81. The van der Waals surface area contributed by atoms with Gasteiger partial charge >= 0.3 is 11.9 Å². The molecule has 0 spiro atoms. The van der Waals surface area contributed by atoms with Crippen LogP contribution >= 0.6 is 0 Å². The molecule has 0 amide bonds. The van der Waals surface area contributed by atoms with Crippen LogP contribution in [0.4, 0.5) is 0 Å². The zero-order valence-electron chi connectivity index (χ0n) is 17.0. The molecule has 29 heavy (non-hydrogen) atoms. The molecule has 3 rings (SSSR count). The molecule has 0 fully saturated rings. The number of para-hydroxylation sites is 1. The van der Waals surface area contributed by atoms with E-state index in [1.54, 1.807) is 27.0 Å². The number of benzene rings is 1. The van der Waals surface area contributed by atoms with Crippen LogP contribution < -0.4 is 0 Å².